The van der Waals surface area contributed by atoms with Crippen molar-refractivity contribution in [3.8, 4) is 0 Å². The van der Waals surface area contributed by atoms with Crippen molar-refractivity contribution in [2.75, 3.05) is 33.9 Å². The molecule has 0 bridgehead atoms. The van der Waals surface area contributed by atoms with Crippen molar-refractivity contribution in [2.24, 2.45) is 0 Å². The van der Waals surface area contributed by atoms with Crippen LogP contribution in [0.25, 0.3) is 0 Å². The van der Waals surface area contributed by atoms with Crippen molar-refractivity contribution in [3.63, 3.8) is 0 Å². The molecule has 18 heavy (non-hydrogen) atoms. The van der Waals surface area contributed by atoms with Crippen LogP contribution in [0.2, 0.25) is 0 Å². The fourth-order valence-corrected chi connectivity index (χ4v) is 1.45. The second-order valence-corrected chi connectivity index (χ2v) is 4.50. The van der Waals surface area contributed by atoms with Crippen LogP contribution in [0, 0.1) is 0 Å². The summed E-state index contributed by atoms with van der Waals surface area (Å²) in [5.74, 6) is -0.474. The SMILES string of the molecule is COCC(C)NC(=O)CN(CC(=O)OC)C(C)C. The van der Waals surface area contributed by atoms with Gasteiger partial charge in [0.2, 0.25) is 5.91 Å². The minimum atomic E-state index is -0.346. The average molecular weight is 260 g/mol. The van der Waals surface area contributed by atoms with Gasteiger partial charge in [0.1, 0.15) is 0 Å². The zero-order chi connectivity index (χ0) is 14.1. The van der Waals surface area contributed by atoms with E-state index in [-0.39, 0.29) is 37.0 Å². The smallest absolute Gasteiger partial charge is 0.319 e. The maximum absolute atomic E-state index is 11.8. The molecule has 0 aliphatic rings. The molecule has 0 saturated heterocycles. The normalized spacial score (nSPS) is 12.6. The van der Waals surface area contributed by atoms with Gasteiger partial charge in [0.25, 0.3) is 0 Å². The Balaban J connectivity index is 4.23. The second kappa shape index (κ2) is 8.88. The van der Waals surface area contributed by atoms with Crippen molar-refractivity contribution < 1.29 is 19.1 Å². The van der Waals surface area contributed by atoms with Crippen molar-refractivity contribution >= 4 is 11.9 Å². The van der Waals surface area contributed by atoms with Gasteiger partial charge in [-0.05, 0) is 20.8 Å². The molecule has 0 spiro atoms. The van der Waals surface area contributed by atoms with Crippen LogP contribution in [-0.2, 0) is 19.1 Å². The lowest BCUT2D eigenvalue weighted by Gasteiger charge is -2.25. The van der Waals surface area contributed by atoms with E-state index < -0.39 is 0 Å². The van der Waals surface area contributed by atoms with Gasteiger partial charge < -0.3 is 14.8 Å². The first-order valence-electron chi connectivity index (χ1n) is 5.99. The molecule has 0 aliphatic heterocycles. The molecule has 0 aromatic carbocycles. The zero-order valence-corrected chi connectivity index (χ0v) is 11.9. The molecule has 106 valence electrons. The number of amides is 1. The standard InChI is InChI=1S/C12H24N2O4/c1-9(2)14(7-12(16)18-5)6-11(15)13-10(3)8-17-4/h9-10H,6-8H2,1-5H3,(H,13,15). The van der Waals surface area contributed by atoms with Crippen LogP contribution in [0.15, 0.2) is 0 Å². The first-order chi connectivity index (χ1) is 8.40. The predicted octanol–water partition coefficient (Wildman–Crippen LogP) is 0.0209. The Morgan fingerprint density at radius 3 is 2.22 bits per heavy atom. The molecule has 0 heterocycles. The highest BCUT2D eigenvalue weighted by atomic mass is 16.5. The third kappa shape index (κ3) is 7.24. The largest absolute Gasteiger partial charge is 0.468 e. The fourth-order valence-electron chi connectivity index (χ4n) is 1.45. The van der Waals surface area contributed by atoms with E-state index >= 15 is 0 Å². The van der Waals surface area contributed by atoms with Gasteiger partial charge in [-0.25, -0.2) is 0 Å². The van der Waals surface area contributed by atoms with Crippen LogP contribution in [0.1, 0.15) is 20.8 Å². The lowest BCUT2D eigenvalue weighted by molar-refractivity contribution is -0.142. The Kier molecular flexibility index (Phi) is 8.32. The van der Waals surface area contributed by atoms with Crippen LogP contribution in [-0.4, -0.2) is 62.8 Å². The lowest BCUT2D eigenvalue weighted by Crippen LogP contribution is -2.46. The van der Waals surface area contributed by atoms with E-state index in [1.807, 2.05) is 20.8 Å². The molecule has 0 aromatic heterocycles. The van der Waals surface area contributed by atoms with Gasteiger partial charge in [-0.2, -0.15) is 0 Å². The number of methoxy groups -OCH3 is 2. The number of hydrogen-bond acceptors (Lipinski definition) is 5. The van der Waals surface area contributed by atoms with E-state index in [0.717, 1.165) is 0 Å². The van der Waals surface area contributed by atoms with Gasteiger partial charge in [-0.1, -0.05) is 0 Å². The minimum Gasteiger partial charge on any atom is -0.468 e. The maximum atomic E-state index is 11.8. The van der Waals surface area contributed by atoms with Crippen LogP contribution < -0.4 is 5.32 Å². The number of nitrogens with one attached hydrogen (secondary N) is 1. The Morgan fingerprint density at radius 2 is 1.78 bits per heavy atom. The van der Waals surface area contributed by atoms with Crippen molar-refractivity contribution in [1.29, 1.82) is 0 Å². The summed E-state index contributed by atoms with van der Waals surface area (Å²) in [7, 11) is 2.92. The molecule has 0 rings (SSSR count). The van der Waals surface area contributed by atoms with Gasteiger partial charge in [0.05, 0.1) is 26.8 Å². The highest BCUT2D eigenvalue weighted by Gasteiger charge is 2.18. The highest BCUT2D eigenvalue weighted by molar-refractivity contribution is 5.79. The minimum absolute atomic E-state index is 0.0466. The van der Waals surface area contributed by atoms with E-state index in [0.29, 0.717) is 6.61 Å². The summed E-state index contributed by atoms with van der Waals surface area (Å²) in [6.07, 6.45) is 0. The Morgan fingerprint density at radius 1 is 1.17 bits per heavy atom. The summed E-state index contributed by atoms with van der Waals surface area (Å²) in [6, 6.07) is 0.0437. The Hall–Kier alpha value is -1.14. The first-order valence-corrected chi connectivity index (χ1v) is 5.99. The summed E-state index contributed by atoms with van der Waals surface area (Å²) in [4.78, 5) is 24.7. The molecule has 0 radical (unpaired) electrons. The molecule has 0 aromatic rings. The van der Waals surface area contributed by atoms with Crippen LogP contribution in [0.5, 0.6) is 0 Å². The Bertz CT molecular complexity index is 269. The van der Waals surface area contributed by atoms with Gasteiger partial charge in [0, 0.05) is 19.2 Å². The molecular weight excluding hydrogens is 236 g/mol. The van der Waals surface area contributed by atoms with E-state index in [2.05, 4.69) is 10.1 Å². The summed E-state index contributed by atoms with van der Waals surface area (Å²) in [5, 5.41) is 2.80. The molecule has 0 saturated carbocycles. The number of nitrogens with zero attached hydrogens (tertiary/aromatic N) is 1. The predicted molar refractivity (Wildman–Crippen MR) is 68.2 cm³/mol. The summed E-state index contributed by atoms with van der Waals surface area (Å²) < 4.78 is 9.54. The molecule has 1 N–H and O–H groups in total. The number of ether oxygens (including phenoxy) is 2. The third-order valence-electron chi connectivity index (χ3n) is 2.46. The van der Waals surface area contributed by atoms with Gasteiger partial charge in [-0.3, -0.25) is 14.5 Å². The van der Waals surface area contributed by atoms with Crippen molar-refractivity contribution in [3.05, 3.63) is 0 Å². The molecule has 1 atom stereocenters. The number of carbonyl (C=O) groups excluding carboxylic acids is 2. The Labute approximate surface area is 109 Å². The monoisotopic (exact) mass is 260 g/mol. The third-order valence-corrected chi connectivity index (χ3v) is 2.46. The van der Waals surface area contributed by atoms with Crippen LogP contribution >= 0.6 is 0 Å². The van der Waals surface area contributed by atoms with E-state index in [9.17, 15) is 9.59 Å². The van der Waals surface area contributed by atoms with E-state index in [4.69, 9.17) is 4.74 Å². The molecular formula is C12H24N2O4. The van der Waals surface area contributed by atoms with Gasteiger partial charge >= 0.3 is 5.97 Å². The number of rotatable bonds is 8. The summed E-state index contributed by atoms with van der Waals surface area (Å²) in [6.45, 7) is 6.45. The van der Waals surface area contributed by atoms with E-state index in [1.54, 1.807) is 12.0 Å². The van der Waals surface area contributed by atoms with Gasteiger partial charge in [-0.15, -0.1) is 0 Å². The number of hydrogen-bond donors (Lipinski definition) is 1. The molecule has 6 heteroatoms. The summed E-state index contributed by atoms with van der Waals surface area (Å²) in [5.41, 5.74) is 0. The molecule has 0 fully saturated rings. The van der Waals surface area contributed by atoms with Crippen LogP contribution in [0.4, 0.5) is 0 Å². The fraction of sp³-hybridized carbons (Fsp3) is 0.833. The molecule has 1 unspecified atom stereocenters. The first kappa shape index (κ1) is 16.9. The van der Waals surface area contributed by atoms with Crippen molar-refractivity contribution in [2.45, 2.75) is 32.9 Å². The maximum Gasteiger partial charge on any atom is 0.319 e. The van der Waals surface area contributed by atoms with E-state index in [1.165, 1.54) is 7.11 Å². The average Bonchev–Trinajstić information content (AvgIpc) is 2.27. The molecule has 1 amide bonds. The van der Waals surface area contributed by atoms with Crippen LogP contribution in [0.3, 0.4) is 0 Å². The zero-order valence-electron chi connectivity index (χ0n) is 11.9. The highest BCUT2D eigenvalue weighted by Crippen LogP contribution is 1.98. The molecule has 0 aliphatic carbocycles. The molecule has 6 nitrogen and oxygen atoms in total. The number of esters is 1. The number of carbonyl (C=O) groups is 2. The second-order valence-electron chi connectivity index (χ2n) is 4.50. The van der Waals surface area contributed by atoms with Crippen molar-refractivity contribution in [1.82, 2.24) is 10.2 Å². The summed E-state index contributed by atoms with van der Waals surface area (Å²) >= 11 is 0. The topological polar surface area (TPSA) is 67.9 Å². The lowest BCUT2D eigenvalue weighted by atomic mass is 10.3. The van der Waals surface area contributed by atoms with Gasteiger partial charge in [0.15, 0.2) is 0 Å². The quantitative estimate of drug-likeness (QED) is 0.623.